The van der Waals surface area contributed by atoms with Gasteiger partial charge >= 0.3 is 5.97 Å². The highest BCUT2D eigenvalue weighted by Gasteiger charge is 2.23. The SMILES string of the molecule is CC(C)[C@H](N)C(=O)NC(CC(=O)O)c1cccs1. The molecule has 0 spiro atoms. The molecule has 1 amide bonds. The maximum absolute atomic E-state index is 11.8. The summed E-state index contributed by atoms with van der Waals surface area (Å²) in [5, 5.41) is 13.4. The number of carboxylic acids is 1. The molecule has 0 aromatic carbocycles. The van der Waals surface area contributed by atoms with Gasteiger partial charge in [-0.25, -0.2) is 0 Å². The molecule has 0 radical (unpaired) electrons. The van der Waals surface area contributed by atoms with Crippen LogP contribution >= 0.6 is 11.3 Å². The van der Waals surface area contributed by atoms with E-state index in [4.69, 9.17) is 10.8 Å². The molecular formula is C12H18N2O3S. The van der Waals surface area contributed by atoms with E-state index in [2.05, 4.69) is 5.32 Å². The number of carbonyl (C=O) groups is 2. The smallest absolute Gasteiger partial charge is 0.305 e. The molecule has 4 N–H and O–H groups in total. The van der Waals surface area contributed by atoms with Crippen LogP contribution in [0.1, 0.15) is 31.2 Å². The van der Waals surface area contributed by atoms with Crippen LogP contribution in [0, 0.1) is 5.92 Å². The van der Waals surface area contributed by atoms with Gasteiger partial charge in [0.05, 0.1) is 18.5 Å². The molecule has 0 bridgehead atoms. The van der Waals surface area contributed by atoms with E-state index in [1.54, 1.807) is 6.07 Å². The summed E-state index contributed by atoms with van der Waals surface area (Å²) in [6.45, 7) is 3.70. The second kappa shape index (κ2) is 6.51. The lowest BCUT2D eigenvalue weighted by Gasteiger charge is -2.20. The van der Waals surface area contributed by atoms with Crippen molar-refractivity contribution in [2.45, 2.75) is 32.4 Å². The maximum Gasteiger partial charge on any atom is 0.305 e. The molecule has 1 unspecified atom stereocenters. The van der Waals surface area contributed by atoms with E-state index in [9.17, 15) is 9.59 Å². The van der Waals surface area contributed by atoms with Gasteiger partial charge in [0.2, 0.25) is 5.91 Å². The van der Waals surface area contributed by atoms with E-state index in [0.717, 1.165) is 4.88 Å². The van der Waals surface area contributed by atoms with Crippen LogP contribution in [0.2, 0.25) is 0 Å². The van der Waals surface area contributed by atoms with Crippen LogP contribution in [0.5, 0.6) is 0 Å². The molecule has 1 aromatic heterocycles. The first-order chi connectivity index (χ1) is 8.41. The zero-order valence-electron chi connectivity index (χ0n) is 10.4. The van der Waals surface area contributed by atoms with Crippen LogP contribution in [-0.2, 0) is 9.59 Å². The molecule has 5 nitrogen and oxygen atoms in total. The molecule has 0 aliphatic heterocycles. The quantitative estimate of drug-likeness (QED) is 0.727. The van der Waals surface area contributed by atoms with Gasteiger partial charge in [0, 0.05) is 4.88 Å². The lowest BCUT2D eigenvalue weighted by atomic mass is 10.0. The van der Waals surface area contributed by atoms with Gasteiger partial charge in [0.15, 0.2) is 0 Å². The minimum absolute atomic E-state index is 0.0128. The lowest BCUT2D eigenvalue weighted by molar-refractivity contribution is -0.137. The molecule has 100 valence electrons. The highest BCUT2D eigenvalue weighted by atomic mass is 32.1. The normalized spacial score (nSPS) is 14.2. The van der Waals surface area contributed by atoms with Gasteiger partial charge in [-0.3, -0.25) is 9.59 Å². The summed E-state index contributed by atoms with van der Waals surface area (Å²) in [5.41, 5.74) is 5.74. The minimum atomic E-state index is -0.952. The van der Waals surface area contributed by atoms with E-state index < -0.39 is 18.1 Å². The van der Waals surface area contributed by atoms with Crippen molar-refractivity contribution < 1.29 is 14.7 Å². The van der Waals surface area contributed by atoms with Crippen LogP contribution in [-0.4, -0.2) is 23.0 Å². The Kier molecular flexibility index (Phi) is 5.30. The van der Waals surface area contributed by atoms with Crippen molar-refractivity contribution in [1.82, 2.24) is 5.32 Å². The Morgan fingerprint density at radius 3 is 2.61 bits per heavy atom. The summed E-state index contributed by atoms with van der Waals surface area (Å²) in [6.07, 6.45) is -0.142. The van der Waals surface area contributed by atoms with Crippen LogP contribution in [0.4, 0.5) is 0 Å². The molecule has 2 atom stereocenters. The second-order valence-corrected chi connectivity index (χ2v) is 5.42. The highest BCUT2D eigenvalue weighted by Crippen LogP contribution is 2.22. The first-order valence-electron chi connectivity index (χ1n) is 5.73. The average molecular weight is 270 g/mol. The van der Waals surface area contributed by atoms with Crippen LogP contribution in [0.3, 0.4) is 0 Å². The summed E-state index contributed by atoms with van der Waals surface area (Å²) >= 11 is 1.42. The van der Waals surface area contributed by atoms with E-state index in [0.29, 0.717) is 0 Å². The molecule has 0 aliphatic rings. The Bertz CT molecular complexity index is 403. The maximum atomic E-state index is 11.8. The van der Waals surface area contributed by atoms with Crippen molar-refractivity contribution in [2.24, 2.45) is 11.7 Å². The highest BCUT2D eigenvalue weighted by molar-refractivity contribution is 7.10. The topological polar surface area (TPSA) is 92.4 Å². The van der Waals surface area contributed by atoms with Gasteiger partial charge in [-0.15, -0.1) is 11.3 Å². The van der Waals surface area contributed by atoms with E-state index in [1.165, 1.54) is 11.3 Å². The first kappa shape index (κ1) is 14.7. The summed E-state index contributed by atoms with van der Waals surface area (Å²) in [4.78, 5) is 23.5. The third-order valence-electron chi connectivity index (χ3n) is 2.60. The third-order valence-corrected chi connectivity index (χ3v) is 3.59. The third kappa shape index (κ3) is 4.12. The van der Waals surface area contributed by atoms with Gasteiger partial charge < -0.3 is 16.2 Å². The standard InChI is InChI=1S/C12H18N2O3S/c1-7(2)11(13)12(17)14-8(6-10(15)16)9-4-3-5-18-9/h3-5,7-8,11H,6,13H2,1-2H3,(H,14,17)(H,15,16)/t8?,11-/m0/s1. The number of nitrogens with one attached hydrogen (secondary N) is 1. The summed E-state index contributed by atoms with van der Waals surface area (Å²) in [5.74, 6) is -1.25. The van der Waals surface area contributed by atoms with Crippen LogP contribution in [0.15, 0.2) is 17.5 Å². The first-order valence-corrected chi connectivity index (χ1v) is 6.61. The number of carboxylic acid groups (broad SMARTS) is 1. The predicted octanol–water partition coefficient (Wildman–Crippen LogP) is 1.36. The molecule has 6 heteroatoms. The van der Waals surface area contributed by atoms with Gasteiger partial charge in [-0.2, -0.15) is 0 Å². The number of hydrogen-bond acceptors (Lipinski definition) is 4. The molecule has 0 fully saturated rings. The Balaban J connectivity index is 2.74. The molecular weight excluding hydrogens is 252 g/mol. The fraction of sp³-hybridized carbons (Fsp3) is 0.500. The summed E-state index contributed by atoms with van der Waals surface area (Å²) < 4.78 is 0. The lowest BCUT2D eigenvalue weighted by Crippen LogP contribution is -2.45. The van der Waals surface area contributed by atoms with Crippen molar-refractivity contribution >= 4 is 23.2 Å². The molecule has 1 heterocycles. The number of nitrogens with two attached hydrogens (primary N) is 1. The molecule has 0 saturated carbocycles. The predicted molar refractivity (Wildman–Crippen MR) is 70.3 cm³/mol. The Labute approximate surface area is 110 Å². The number of thiophene rings is 1. The Morgan fingerprint density at radius 2 is 2.17 bits per heavy atom. The number of hydrogen-bond donors (Lipinski definition) is 3. The molecule has 18 heavy (non-hydrogen) atoms. The van der Waals surface area contributed by atoms with E-state index >= 15 is 0 Å². The Hall–Kier alpha value is -1.40. The number of rotatable bonds is 6. The molecule has 0 aliphatic carbocycles. The molecule has 1 rings (SSSR count). The summed E-state index contributed by atoms with van der Waals surface area (Å²) in [6, 6.07) is 2.49. The van der Waals surface area contributed by atoms with Crippen molar-refractivity contribution in [3.63, 3.8) is 0 Å². The van der Waals surface area contributed by atoms with Gasteiger partial charge in [-0.05, 0) is 17.4 Å². The van der Waals surface area contributed by atoms with Gasteiger partial charge in [-0.1, -0.05) is 19.9 Å². The summed E-state index contributed by atoms with van der Waals surface area (Å²) in [7, 11) is 0. The van der Waals surface area contributed by atoms with Crippen molar-refractivity contribution in [3.8, 4) is 0 Å². The number of carbonyl (C=O) groups excluding carboxylic acids is 1. The average Bonchev–Trinajstić information content (AvgIpc) is 2.79. The Morgan fingerprint density at radius 1 is 1.50 bits per heavy atom. The van der Waals surface area contributed by atoms with E-state index in [1.807, 2.05) is 25.3 Å². The van der Waals surface area contributed by atoms with Crippen LogP contribution in [0.25, 0.3) is 0 Å². The van der Waals surface area contributed by atoms with Crippen molar-refractivity contribution in [1.29, 1.82) is 0 Å². The van der Waals surface area contributed by atoms with E-state index in [-0.39, 0.29) is 18.2 Å². The number of aliphatic carboxylic acids is 1. The van der Waals surface area contributed by atoms with Gasteiger partial charge in [0.25, 0.3) is 0 Å². The van der Waals surface area contributed by atoms with Gasteiger partial charge in [0.1, 0.15) is 0 Å². The van der Waals surface area contributed by atoms with Crippen molar-refractivity contribution in [3.05, 3.63) is 22.4 Å². The van der Waals surface area contributed by atoms with Crippen molar-refractivity contribution in [2.75, 3.05) is 0 Å². The monoisotopic (exact) mass is 270 g/mol. The fourth-order valence-corrected chi connectivity index (χ4v) is 2.24. The fourth-order valence-electron chi connectivity index (χ4n) is 1.46. The largest absolute Gasteiger partial charge is 0.481 e. The molecule has 1 aromatic rings. The van der Waals surface area contributed by atoms with Crippen LogP contribution < -0.4 is 11.1 Å². The zero-order chi connectivity index (χ0) is 13.7. The second-order valence-electron chi connectivity index (χ2n) is 4.44. The zero-order valence-corrected chi connectivity index (χ0v) is 11.2. The molecule has 0 saturated heterocycles. The minimum Gasteiger partial charge on any atom is -0.481 e. The number of amides is 1.